The lowest BCUT2D eigenvalue weighted by molar-refractivity contribution is 1.53. The van der Waals surface area contributed by atoms with E-state index in [1.165, 1.54) is 10.8 Å². The van der Waals surface area contributed by atoms with Crippen molar-refractivity contribution in [2.45, 2.75) is 0 Å². The van der Waals surface area contributed by atoms with E-state index in [9.17, 15) is 5.26 Å². The number of hydrogen-bond donors (Lipinski definition) is 0. The number of fused-ring (bicyclic) bond motifs is 3. The molecule has 1 heteroatoms. The molecule has 0 aliphatic carbocycles. The van der Waals surface area contributed by atoms with Crippen LogP contribution in [0, 0.1) is 11.3 Å². The summed E-state index contributed by atoms with van der Waals surface area (Å²) in [4.78, 5) is 0. The Morgan fingerprint density at radius 3 is 1.79 bits per heavy atom. The molecule has 0 spiro atoms. The molecule has 5 rings (SSSR count). The SMILES string of the molecule is N#C/C(=C/c1c2ccccc2cc2ccccc12)c1cccc2ccccc12. The number of allylic oxidation sites excluding steroid dienone is 1. The normalized spacial score (nSPS) is 11.8. The quantitative estimate of drug-likeness (QED) is 0.186. The predicted molar refractivity (Wildman–Crippen MR) is 119 cm³/mol. The highest BCUT2D eigenvalue weighted by Crippen LogP contribution is 2.33. The van der Waals surface area contributed by atoms with Gasteiger partial charge in [0.2, 0.25) is 0 Å². The van der Waals surface area contributed by atoms with Gasteiger partial charge in [-0.25, -0.2) is 0 Å². The molecule has 0 radical (unpaired) electrons. The van der Waals surface area contributed by atoms with Gasteiger partial charge in [-0.05, 0) is 50.0 Å². The lowest BCUT2D eigenvalue weighted by atomic mass is 9.92. The van der Waals surface area contributed by atoms with E-state index in [-0.39, 0.29) is 0 Å². The number of hydrogen-bond acceptors (Lipinski definition) is 1. The molecule has 0 saturated heterocycles. The summed E-state index contributed by atoms with van der Waals surface area (Å²) < 4.78 is 0. The number of rotatable bonds is 2. The van der Waals surface area contributed by atoms with Crippen molar-refractivity contribution in [2.24, 2.45) is 0 Å². The molecule has 0 fully saturated rings. The molecule has 130 valence electrons. The van der Waals surface area contributed by atoms with Crippen LogP contribution in [0.2, 0.25) is 0 Å². The van der Waals surface area contributed by atoms with E-state index >= 15 is 0 Å². The number of nitrogens with zero attached hydrogens (tertiary/aromatic N) is 1. The average Bonchev–Trinajstić information content (AvgIpc) is 2.76. The fraction of sp³-hybridized carbons (Fsp3) is 0. The second-order valence-corrected chi connectivity index (χ2v) is 6.93. The molecule has 5 aromatic carbocycles. The standard InChI is InChI=1S/C27H17N/c28-18-22(26-15-7-11-19-8-1-4-12-23(19)26)17-27-24-13-5-2-9-20(24)16-21-10-3-6-14-25(21)27/h1-17H/b22-17-. The summed E-state index contributed by atoms with van der Waals surface area (Å²) in [5.74, 6) is 0. The van der Waals surface area contributed by atoms with E-state index in [1.54, 1.807) is 0 Å². The zero-order valence-electron chi connectivity index (χ0n) is 15.3. The Morgan fingerprint density at radius 2 is 1.14 bits per heavy atom. The van der Waals surface area contributed by atoms with Crippen LogP contribution >= 0.6 is 0 Å². The van der Waals surface area contributed by atoms with Crippen molar-refractivity contribution in [1.82, 2.24) is 0 Å². The first kappa shape index (κ1) is 16.3. The molecule has 0 bridgehead atoms. The molecular weight excluding hydrogens is 338 g/mol. The van der Waals surface area contributed by atoms with Gasteiger partial charge in [-0.2, -0.15) is 5.26 Å². The highest BCUT2D eigenvalue weighted by molar-refractivity contribution is 6.11. The summed E-state index contributed by atoms with van der Waals surface area (Å²) in [6.45, 7) is 0. The largest absolute Gasteiger partial charge is 0.192 e. The smallest absolute Gasteiger partial charge is 0.0998 e. The molecule has 0 aliphatic heterocycles. The van der Waals surface area contributed by atoms with Crippen molar-refractivity contribution < 1.29 is 0 Å². The van der Waals surface area contributed by atoms with Crippen molar-refractivity contribution >= 4 is 44.0 Å². The van der Waals surface area contributed by atoms with Crippen molar-refractivity contribution in [3.8, 4) is 6.07 Å². The highest BCUT2D eigenvalue weighted by Gasteiger charge is 2.10. The molecule has 0 aromatic heterocycles. The first-order valence-corrected chi connectivity index (χ1v) is 9.35. The monoisotopic (exact) mass is 355 g/mol. The van der Waals surface area contributed by atoms with Crippen LogP contribution in [0.25, 0.3) is 44.0 Å². The van der Waals surface area contributed by atoms with E-state index in [4.69, 9.17) is 0 Å². The molecule has 28 heavy (non-hydrogen) atoms. The molecule has 0 amide bonds. The molecule has 0 saturated carbocycles. The van der Waals surface area contributed by atoms with Crippen LogP contribution in [0.3, 0.4) is 0 Å². The fourth-order valence-corrected chi connectivity index (χ4v) is 3.98. The van der Waals surface area contributed by atoms with Gasteiger partial charge in [-0.3, -0.25) is 0 Å². The van der Waals surface area contributed by atoms with E-state index in [1.807, 2.05) is 30.3 Å². The summed E-state index contributed by atoms with van der Waals surface area (Å²) in [7, 11) is 0. The first-order valence-electron chi connectivity index (χ1n) is 9.35. The summed E-state index contributed by atoms with van der Waals surface area (Å²) in [6.07, 6.45) is 2.05. The van der Waals surface area contributed by atoms with Crippen molar-refractivity contribution in [3.63, 3.8) is 0 Å². The Morgan fingerprint density at radius 1 is 0.607 bits per heavy atom. The van der Waals surface area contributed by atoms with Crippen molar-refractivity contribution in [1.29, 1.82) is 5.26 Å². The average molecular weight is 355 g/mol. The molecule has 0 unspecified atom stereocenters. The third-order valence-corrected chi connectivity index (χ3v) is 5.30. The van der Waals surface area contributed by atoms with Crippen LogP contribution in [0.15, 0.2) is 97.1 Å². The van der Waals surface area contributed by atoms with Crippen LogP contribution in [-0.4, -0.2) is 0 Å². The van der Waals surface area contributed by atoms with Gasteiger partial charge in [0, 0.05) is 5.56 Å². The van der Waals surface area contributed by atoms with Gasteiger partial charge in [0.15, 0.2) is 0 Å². The van der Waals surface area contributed by atoms with Gasteiger partial charge < -0.3 is 0 Å². The molecule has 0 heterocycles. The Balaban J connectivity index is 1.86. The molecule has 5 aromatic rings. The van der Waals surface area contributed by atoms with Crippen LogP contribution in [0.4, 0.5) is 0 Å². The number of nitriles is 1. The zero-order valence-corrected chi connectivity index (χ0v) is 15.3. The van der Waals surface area contributed by atoms with Crippen molar-refractivity contribution in [2.75, 3.05) is 0 Å². The molecule has 1 nitrogen and oxygen atoms in total. The van der Waals surface area contributed by atoms with Crippen LogP contribution in [-0.2, 0) is 0 Å². The minimum absolute atomic E-state index is 0.679. The summed E-state index contributed by atoms with van der Waals surface area (Å²) in [5, 5.41) is 17.0. The summed E-state index contributed by atoms with van der Waals surface area (Å²) in [5.41, 5.74) is 2.74. The minimum Gasteiger partial charge on any atom is -0.192 e. The highest BCUT2D eigenvalue weighted by atomic mass is 14.3. The Labute approximate surface area is 163 Å². The Hall–Kier alpha value is -3.89. The van der Waals surface area contributed by atoms with Crippen LogP contribution in [0.5, 0.6) is 0 Å². The van der Waals surface area contributed by atoms with E-state index in [0.717, 1.165) is 32.7 Å². The van der Waals surface area contributed by atoms with Gasteiger partial charge in [0.1, 0.15) is 0 Å². The van der Waals surface area contributed by atoms with Crippen molar-refractivity contribution in [3.05, 3.63) is 108 Å². The molecule has 0 aliphatic rings. The molecule has 0 N–H and O–H groups in total. The first-order chi connectivity index (χ1) is 13.8. The van der Waals surface area contributed by atoms with E-state index in [2.05, 4.69) is 78.9 Å². The van der Waals surface area contributed by atoms with Gasteiger partial charge >= 0.3 is 0 Å². The summed E-state index contributed by atoms with van der Waals surface area (Å²) >= 11 is 0. The predicted octanol–water partition coefficient (Wildman–Crippen LogP) is 7.21. The maximum Gasteiger partial charge on any atom is 0.0998 e. The second kappa shape index (κ2) is 6.68. The molecule has 0 atom stereocenters. The third-order valence-electron chi connectivity index (χ3n) is 5.30. The third kappa shape index (κ3) is 2.64. The number of benzene rings is 5. The van der Waals surface area contributed by atoms with Gasteiger partial charge in [0.05, 0.1) is 11.6 Å². The van der Waals surface area contributed by atoms with Gasteiger partial charge in [-0.15, -0.1) is 0 Å². The van der Waals surface area contributed by atoms with E-state index in [0.29, 0.717) is 5.57 Å². The van der Waals surface area contributed by atoms with Gasteiger partial charge in [-0.1, -0.05) is 91.0 Å². The Bertz CT molecular complexity index is 1360. The van der Waals surface area contributed by atoms with E-state index < -0.39 is 0 Å². The lowest BCUT2D eigenvalue weighted by Crippen LogP contribution is -1.88. The maximum absolute atomic E-state index is 10.0. The topological polar surface area (TPSA) is 23.8 Å². The zero-order chi connectivity index (χ0) is 18.9. The Kier molecular flexibility index (Phi) is 3.89. The summed E-state index contributed by atoms with van der Waals surface area (Å²) in [6, 6.07) is 35.8. The molecular formula is C27H17N. The minimum atomic E-state index is 0.679. The lowest BCUT2D eigenvalue weighted by Gasteiger charge is -2.10. The second-order valence-electron chi connectivity index (χ2n) is 6.93. The maximum atomic E-state index is 10.0. The fourth-order valence-electron chi connectivity index (χ4n) is 3.98. The van der Waals surface area contributed by atoms with Gasteiger partial charge in [0.25, 0.3) is 0 Å². The van der Waals surface area contributed by atoms with Crippen LogP contribution < -0.4 is 0 Å². The van der Waals surface area contributed by atoms with Crippen LogP contribution in [0.1, 0.15) is 11.1 Å².